The first-order valence-corrected chi connectivity index (χ1v) is 17.0. The molecule has 0 amide bonds. The Morgan fingerprint density at radius 3 is 2.54 bits per heavy atom. The number of aromatic nitrogens is 7. The lowest BCUT2D eigenvalue weighted by atomic mass is 9.73. The molecule has 0 bridgehead atoms. The van der Waals surface area contributed by atoms with Gasteiger partial charge in [-0.2, -0.15) is 0 Å². The second-order valence-corrected chi connectivity index (χ2v) is 14.1. The average Bonchev–Trinajstić information content (AvgIpc) is 3.56. The first kappa shape index (κ1) is 32.6. The van der Waals surface area contributed by atoms with Crippen molar-refractivity contribution in [1.29, 1.82) is 0 Å². The first-order chi connectivity index (χ1) is 23.0. The van der Waals surface area contributed by atoms with Gasteiger partial charge in [0.05, 0.1) is 41.8 Å². The molecular formula is C33H35ClF2N10OS. The van der Waals surface area contributed by atoms with Gasteiger partial charge >= 0.3 is 0 Å². The molecule has 3 N–H and O–H groups in total. The first-order valence-electron chi connectivity index (χ1n) is 15.8. The van der Waals surface area contributed by atoms with Gasteiger partial charge in [0, 0.05) is 47.2 Å². The number of hydrogen-bond acceptors (Lipinski definition) is 11. The van der Waals surface area contributed by atoms with Crippen molar-refractivity contribution in [1.82, 2.24) is 34.5 Å². The average molecular weight is 693 g/mol. The molecule has 0 unspecified atom stereocenters. The van der Waals surface area contributed by atoms with Crippen LogP contribution in [0, 0.1) is 24.0 Å². The molecule has 6 heterocycles. The summed E-state index contributed by atoms with van der Waals surface area (Å²) in [5.41, 5.74) is 7.47. The summed E-state index contributed by atoms with van der Waals surface area (Å²) >= 11 is 8.09. The number of anilines is 3. The number of ether oxygens (including phenoxy) is 1. The van der Waals surface area contributed by atoms with E-state index < -0.39 is 11.6 Å². The molecule has 11 nitrogen and oxygen atoms in total. The smallest absolute Gasteiger partial charge is 0.229 e. The van der Waals surface area contributed by atoms with E-state index in [1.54, 1.807) is 30.7 Å². The summed E-state index contributed by atoms with van der Waals surface area (Å²) in [5, 5.41) is 3.94. The fraction of sp³-hybridized carbons (Fsp3) is 0.394. The maximum absolute atomic E-state index is 15.1. The number of aryl methyl sites for hydroxylation is 1. The van der Waals surface area contributed by atoms with Crippen LogP contribution in [0.3, 0.4) is 0 Å². The van der Waals surface area contributed by atoms with E-state index in [2.05, 4.69) is 40.1 Å². The third-order valence-electron chi connectivity index (χ3n) is 9.30. The van der Waals surface area contributed by atoms with E-state index in [1.807, 2.05) is 32.3 Å². The fourth-order valence-electron chi connectivity index (χ4n) is 6.68. The molecule has 2 aliphatic heterocycles. The molecule has 4 aromatic heterocycles. The van der Waals surface area contributed by atoms with Crippen molar-refractivity contribution in [3.63, 3.8) is 0 Å². The van der Waals surface area contributed by atoms with Crippen LogP contribution in [0.15, 0.2) is 52.9 Å². The third kappa shape index (κ3) is 5.95. The van der Waals surface area contributed by atoms with Gasteiger partial charge in [-0.05, 0) is 58.7 Å². The van der Waals surface area contributed by atoms with Gasteiger partial charge in [0.1, 0.15) is 27.9 Å². The monoisotopic (exact) mass is 692 g/mol. The number of nitrogens with two attached hydrogens (primary N) is 1. The topological polar surface area (TPSA) is 133 Å². The van der Waals surface area contributed by atoms with Crippen LogP contribution in [0.25, 0.3) is 22.3 Å². The zero-order valence-electron chi connectivity index (χ0n) is 26.9. The van der Waals surface area contributed by atoms with Crippen LogP contribution in [0.2, 0.25) is 5.02 Å². The summed E-state index contributed by atoms with van der Waals surface area (Å²) in [6.07, 6.45) is 8.09. The maximum Gasteiger partial charge on any atom is 0.229 e. The third-order valence-corrected chi connectivity index (χ3v) is 10.8. The van der Waals surface area contributed by atoms with Crippen LogP contribution < -0.4 is 16.0 Å². The SMILES string of the molecule is Cc1nc2c(F)cc(-c3nc(Nc4nccc(Sc5cnc(N6CCC7(CC6)CO[C@@H](C)[C@H]7N)cn5)c4Cl)ncc3F)cc2n1C(C)C. The van der Waals surface area contributed by atoms with E-state index >= 15 is 8.78 Å². The van der Waals surface area contributed by atoms with Crippen molar-refractivity contribution in [2.24, 2.45) is 11.1 Å². The summed E-state index contributed by atoms with van der Waals surface area (Å²) < 4.78 is 37.9. The maximum atomic E-state index is 15.1. The van der Waals surface area contributed by atoms with Gasteiger partial charge in [-0.3, -0.25) is 0 Å². The number of halogens is 3. The van der Waals surface area contributed by atoms with Crippen LogP contribution >= 0.6 is 23.4 Å². The highest BCUT2D eigenvalue weighted by molar-refractivity contribution is 7.99. The van der Waals surface area contributed by atoms with Crippen LogP contribution in [0.1, 0.15) is 45.5 Å². The van der Waals surface area contributed by atoms with Crippen molar-refractivity contribution in [3.8, 4) is 11.3 Å². The van der Waals surface area contributed by atoms with Crippen molar-refractivity contribution in [2.45, 2.75) is 68.6 Å². The Kier molecular flexibility index (Phi) is 8.69. The van der Waals surface area contributed by atoms with Crippen LogP contribution in [-0.4, -0.2) is 66.3 Å². The zero-order valence-corrected chi connectivity index (χ0v) is 28.5. The minimum Gasteiger partial charge on any atom is -0.376 e. The minimum atomic E-state index is -0.702. The molecule has 250 valence electrons. The summed E-state index contributed by atoms with van der Waals surface area (Å²) in [6, 6.07) is 4.75. The number of benzene rings is 1. The van der Waals surface area contributed by atoms with E-state index in [0.29, 0.717) is 32.9 Å². The lowest BCUT2D eigenvalue weighted by molar-refractivity contribution is 0.0974. The number of rotatable bonds is 7. The highest BCUT2D eigenvalue weighted by Gasteiger charge is 2.47. The number of hydrogen-bond donors (Lipinski definition) is 2. The lowest BCUT2D eigenvalue weighted by Gasteiger charge is -2.41. The highest BCUT2D eigenvalue weighted by Crippen LogP contribution is 2.42. The largest absolute Gasteiger partial charge is 0.376 e. The molecule has 48 heavy (non-hydrogen) atoms. The van der Waals surface area contributed by atoms with Gasteiger partial charge in [-0.15, -0.1) is 0 Å². The second-order valence-electron chi connectivity index (χ2n) is 12.6. The fourth-order valence-corrected chi connectivity index (χ4v) is 7.70. The molecule has 15 heteroatoms. The molecule has 2 atom stereocenters. The van der Waals surface area contributed by atoms with Crippen molar-refractivity contribution in [3.05, 3.63) is 65.5 Å². The number of imidazole rings is 1. The van der Waals surface area contributed by atoms with Crippen LogP contribution in [-0.2, 0) is 4.74 Å². The molecule has 5 aromatic rings. The molecule has 0 radical (unpaired) electrons. The number of nitrogens with zero attached hydrogens (tertiary/aromatic N) is 8. The molecule has 2 fully saturated rings. The Bertz CT molecular complexity index is 1980. The Balaban J connectivity index is 1.07. The number of piperidine rings is 1. The predicted molar refractivity (Wildman–Crippen MR) is 182 cm³/mol. The Hall–Kier alpha value is -3.98. The van der Waals surface area contributed by atoms with Crippen molar-refractivity contribution < 1.29 is 13.5 Å². The van der Waals surface area contributed by atoms with E-state index in [1.165, 1.54) is 17.8 Å². The van der Waals surface area contributed by atoms with Gasteiger partial charge in [0.25, 0.3) is 0 Å². The second kappa shape index (κ2) is 12.8. The molecular weight excluding hydrogens is 658 g/mol. The normalized spacial score (nSPS) is 19.1. The summed E-state index contributed by atoms with van der Waals surface area (Å²) in [5.74, 6) is 0.522. The molecule has 0 saturated carbocycles. The van der Waals surface area contributed by atoms with Crippen LogP contribution in [0.5, 0.6) is 0 Å². The van der Waals surface area contributed by atoms with Crippen molar-refractivity contribution >= 4 is 52.0 Å². The molecule has 2 saturated heterocycles. The highest BCUT2D eigenvalue weighted by atomic mass is 35.5. The summed E-state index contributed by atoms with van der Waals surface area (Å²) in [7, 11) is 0. The molecule has 1 aromatic carbocycles. The Morgan fingerprint density at radius 2 is 1.85 bits per heavy atom. The van der Waals surface area contributed by atoms with Gasteiger partial charge < -0.3 is 25.3 Å². The lowest BCUT2D eigenvalue weighted by Crippen LogP contribution is -2.50. The van der Waals surface area contributed by atoms with Crippen molar-refractivity contribution in [2.75, 3.05) is 29.9 Å². The van der Waals surface area contributed by atoms with Gasteiger partial charge in [-0.25, -0.2) is 38.7 Å². The summed E-state index contributed by atoms with van der Waals surface area (Å²) in [4.78, 5) is 29.4. The number of fused-ring (bicyclic) bond motifs is 1. The molecule has 0 aliphatic carbocycles. The molecule has 7 rings (SSSR count). The minimum absolute atomic E-state index is 0.0261. The van der Waals surface area contributed by atoms with Crippen LogP contribution in [0.4, 0.5) is 26.4 Å². The number of nitrogens with one attached hydrogen (secondary N) is 1. The van der Waals surface area contributed by atoms with E-state index in [4.69, 9.17) is 22.1 Å². The zero-order chi connectivity index (χ0) is 33.7. The van der Waals surface area contributed by atoms with E-state index in [9.17, 15) is 0 Å². The Labute approximate surface area is 285 Å². The van der Waals surface area contributed by atoms with E-state index in [0.717, 1.165) is 37.9 Å². The number of pyridine rings is 1. The standard InChI is InChI=1S/C33H35ClF2N10OS/c1-17(2)46-19(4)42-29-21(35)11-20(12-23(29)46)28-22(36)13-41-32(43-28)44-31-27(34)24(5-8-38-31)48-26-15-39-25(14-40-26)45-9-6-33(7-10-45)16-47-18(3)30(33)37/h5,8,11-15,17-18,30H,6-7,9-10,16,37H2,1-4H3,(H,38,41,43,44)/t18-,30+/m0/s1. The Morgan fingerprint density at radius 1 is 1.06 bits per heavy atom. The van der Waals surface area contributed by atoms with Gasteiger partial charge in [-0.1, -0.05) is 23.4 Å². The van der Waals surface area contributed by atoms with Gasteiger partial charge in [0.15, 0.2) is 17.5 Å². The molecule has 2 aliphatic rings. The van der Waals surface area contributed by atoms with Gasteiger partial charge in [0.2, 0.25) is 5.95 Å². The quantitative estimate of drug-likeness (QED) is 0.188. The predicted octanol–water partition coefficient (Wildman–Crippen LogP) is 6.73. The summed E-state index contributed by atoms with van der Waals surface area (Å²) in [6.45, 7) is 10.2. The molecule has 1 spiro atoms. The van der Waals surface area contributed by atoms with E-state index in [-0.39, 0.29) is 52.1 Å².